The SMILES string of the molecule is NS(=O)(=O)C1CC(=O)N(c2cc(F)c(Br)cc2F)C1. The van der Waals surface area contributed by atoms with Crippen LogP contribution in [0.25, 0.3) is 0 Å². The molecule has 0 saturated carbocycles. The van der Waals surface area contributed by atoms with Crippen LogP contribution in [0.15, 0.2) is 16.6 Å². The fourth-order valence-corrected chi connectivity index (χ4v) is 2.89. The van der Waals surface area contributed by atoms with E-state index in [4.69, 9.17) is 5.14 Å². The molecule has 1 fully saturated rings. The van der Waals surface area contributed by atoms with Crippen molar-refractivity contribution in [2.75, 3.05) is 11.4 Å². The lowest BCUT2D eigenvalue weighted by Crippen LogP contribution is -2.32. The number of sulfonamides is 1. The second-order valence-electron chi connectivity index (χ2n) is 4.14. The van der Waals surface area contributed by atoms with E-state index in [0.29, 0.717) is 0 Å². The zero-order valence-electron chi connectivity index (χ0n) is 9.44. The summed E-state index contributed by atoms with van der Waals surface area (Å²) in [5, 5.41) is 3.85. The summed E-state index contributed by atoms with van der Waals surface area (Å²) in [4.78, 5) is 12.6. The average molecular weight is 355 g/mol. The molecule has 1 aliphatic rings. The first-order valence-corrected chi connectivity index (χ1v) is 7.57. The first-order chi connectivity index (χ1) is 8.70. The van der Waals surface area contributed by atoms with Crippen molar-refractivity contribution in [1.82, 2.24) is 0 Å². The van der Waals surface area contributed by atoms with Gasteiger partial charge in [-0.2, -0.15) is 0 Å². The van der Waals surface area contributed by atoms with Gasteiger partial charge in [0.2, 0.25) is 15.9 Å². The highest BCUT2D eigenvalue weighted by molar-refractivity contribution is 9.10. The molecule has 1 heterocycles. The second kappa shape index (κ2) is 4.80. The van der Waals surface area contributed by atoms with E-state index in [9.17, 15) is 22.0 Å². The Hall–Kier alpha value is -1.06. The topological polar surface area (TPSA) is 80.5 Å². The fourth-order valence-electron chi connectivity index (χ4n) is 1.85. The van der Waals surface area contributed by atoms with Gasteiger partial charge in [0.1, 0.15) is 16.9 Å². The number of carbonyl (C=O) groups excluding carboxylic acids is 1. The van der Waals surface area contributed by atoms with E-state index >= 15 is 0 Å². The molecule has 1 unspecified atom stereocenters. The number of hydrogen-bond acceptors (Lipinski definition) is 3. The van der Waals surface area contributed by atoms with Crippen molar-refractivity contribution in [2.24, 2.45) is 5.14 Å². The predicted octanol–water partition coefficient (Wildman–Crippen LogP) is 1.12. The van der Waals surface area contributed by atoms with E-state index in [0.717, 1.165) is 17.0 Å². The monoisotopic (exact) mass is 354 g/mol. The molecule has 2 N–H and O–H groups in total. The molecule has 1 saturated heterocycles. The van der Waals surface area contributed by atoms with Crippen LogP contribution < -0.4 is 10.0 Å². The minimum atomic E-state index is -3.90. The molecule has 1 aromatic rings. The van der Waals surface area contributed by atoms with Crippen LogP contribution in [0.3, 0.4) is 0 Å². The molecule has 19 heavy (non-hydrogen) atoms. The standard InChI is InChI=1S/C10H9BrF2N2O3S/c11-6-2-8(13)9(3-7(6)12)15-4-5(1-10(15)16)19(14,17)18/h2-3,5H,1,4H2,(H2,14,17,18). The molecule has 0 bridgehead atoms. The molecule has 0 radical (unpaired) electrons. The van der Waals surface area contributed by atoms with E-state index in [1.807, 2.05) is 0 Å². The summed E-state index contributed by atoms with van der Waals surface area (Å²) in [5.41, 5.74) is -0.295. The summed E-state index contributed by atoms with van der Waals surface area (Å²) < 4.78 is 49.4. The molecule has 9 heteroatoms. The Morgan fingerprint density at radius 1 is 1.32 bits per heavy atom. The summed E-state index contributed by atoms with van der Waals surface area (Å²) in [6.07, 6.45) is -0.337. The first kappa shape index (κ1) is 14.4. The minimum absolute atomic E-state index is 0.0802. The van der Waals surface area contributed by atoms with Gasteiger partial charge in [-0.3, -0.25) is 4.79 Å². The van der Waals surface area contributed by atoms with E-state index < -0.39 is 32.8 Å². The highest BCUT2D eigenvalue weighted by atomic mass is 79.9. The number of primary sulfonamides is 1. The van der Waals surface area contributed by atoms with Gasteiger partial charge in [0.25, 0.3) is 0 Å². The smallest absolute Gasteiger partial charge is 0.228 e. The van der Waals surface area contributed by atoms with Crippen LogP contribution in [0.5, 0.6) is 0 Å². The molecule has 1 aromatic carbocycles. The number of halogens is 3. The summed E-state index contributed by atoms with van der Waals surface area (Å²) in [6, 6.07) is 1.71. The lowest BCUT2D eigenvalue weighted by molar-refractivity contribution is -0.117. The Bertz CT molecular complexity index is 650. The fraction of sp³-hybridized carbons (Fsp3) is 0.300. The normalized spacial score (nSPS) is 20.1. The van der Waals surface area contributed by atoms with Crippen LogP contribution in [0.1, 0.15) is 6.42 Å². The van der Waals surface area contributed by atoms with Crippen molar-refractivity contribution in [2.45, 2.75) is 11.7 Å². The number of benzene rings is 1. The maximum absolute atomic E-state index is 13.7. The molecular formula is C10H9BrF2N2O3S. The van der Waals surface area contributed by atoms with Crippen LogP contribution in [0.4, 0.5) is 14.5 Å². The molecule has 5 nitrogen and oxygen atoms in total. The van der Waals surface area contributed by atoms with Gasteiger partial charge in [0.05, 0.1) is 10.2 Å². The van der Waals surface area contributed by atoms with Crippen molar-refractivity contribution in [3.63, 3.8) is 0 Å². The van der Waals surface area contributed by atoms with Gasteiger partial charge in [0, 0.05) is 19.0 Å². The van der Waals surface area contributed by atoms with Crippen LogP contribution in [-0.2, 0) is 14.8 Å². The number of anilines is 1. The maximum atomic E-state index is 13.7. The van der Waals surface area contributed by atoms with Crippen molar-refractivity contribution < 1.29 is 22.0 Å². The van der Waals surface area contributed by atoms with Gasteiger partial charge in [-0.25, -0.2) is 22.3 Å². The number of nitrogens with two attached hydrogens (primary N) is 1. The number of nitrogens with zero attached hydrogens (tertiary/aromatic N) is 1. The van der Waals surface area contributed by atoms with Gasteiger partial charge < -0.3 is 4.90 Å². The zero-order valence-corrected chi connectivity index (χ0v) is 11.8. The highest BCUT2D eigenvalue weighted by Crippen LogP contribution is 2.30. The molecule has 0 spiro atoms. The van der Waals surface area contributed by atoms with E-state index in [2.05, 4.69) is 15.9 Å². The van der Waals surface area contributed by atoms with Crippen LogP contribution in [0.2, 0.25) is 0 Å². The Labute approximate surface area is 116 Å². The van der Waals surface area contributed by atoms with Gasteiger partial charge >= 0.3 is 0 Å². The van der Waals surface area contributed by atoms with Crippen LogP contribution >= 0.6 is 15.9 Å². The molecule has 1 atom stereocenters. The summed E-state index contributed by atoms with van der Waals surface area (Å²) in [5.74, 6) is -2.18. The summed E-state index contributed by atoms with van der Waals surface area (Å²) in [7, 11) is -3.90. The predicted molar refractivity (Wildman–Crippen MR) is 67.9 cm³/mol. The third kappa shape index (κ3) is 2.77. The lowest BCUT2D eigenvalue weighted by Gasteiger charge is -2.17. The number of carbonyl (C=O) groups is 1. The Morgan fingerprint density at radius 3 is 2.47 bits per heavy atom. The molecule has 0 aliphatic carbocycles. The minimum Gasteiger partial charge on any atom is -0.308 e. The third-order valence-corrected chi connectivity index (χ3v) is 4.69. The second-order valence-corrected chi connectivity index (χ2v) is 6.84. The first-order valence-electron chi connectivity index (χ1n) is 5.16. The van der Waals surface area contributed by atoms with Gasteiger partial charge in [0.15, 0.2) is 0 Å². The van der Waals surface area contributed by atoms with Crippen molar-refractivity contribution in [3.8, 4) is 0 Å². The summed E-state index contributed by atoms with van der Waals surface area (Å²) in [6.45, 7) is -0.282. The molecule has 104 valence electrons. The molecular weight excluding hydrogens is 346 g/mol. The molecule has 1 aliphatic heterocycles. The number of amides is 1. The van der Waals surface area contributed by atoms with E-state index in [1.165, 1.54) is 0 Å². The van der Waals surface area contributed by atoms with Crippen molar-refractivity contribution in [3.05, 3.63) is 28.2 Å². The molecule has 1 amide bonds. The lowest BCUT2D eigenvalue weighted by atomic mass is 10.2. The number of hydrogen-bond donors (Lipinski definition) is 1. The Morgan fingerprint density at radius 2 is 1.95 bits per heavy atom. The Kier molecular flexibility index (Phi) is 3.63. The van der Waals surface area contributed by atoms with Gasteiger partial charge in [-0.1, -0.05) is 0 Å². The quantitative estimate of drug-likeness (QED) is 0.808. The van der Waals surface area contributed by atoms with Crippen molar-refractivity contribution in [1.29, 1.82) is 0 Å². The highest BCUT2D eigenvalue weighted by Gasteiger charge is 2.38. The zero-order chi connectivity index (χ0) is 14.4. The summed E-state index contributed by atoms with van der Waals surface area (Å²) >= 11 is 2.81. The average Bonchev–Trinajstić information content (AvgIpc) is 2.65. The van der Waals surface area contributed by atoms with Crippen LogP contribution in [-0.4, -0.2) is 26.1 Å². The van der Waals surface area contributed by atoms with Crippen LogP contribution in [0, 0.1) is 11.6 Å². The molecule has 0 aromatic heterocycles. The molecule has 2 rings (SSSR count). The van der Waals surface area contributed by atoms with E-state index in [1.54, 1.807) is 0 Å². The van der Waals surface area contributed by atoms with Gasteiger partial charge in [-0.05, 0) is 22.0 Å². The number of rotatable bonds is 2. The van der Waals surface area contributed by atoms with Crippen molar-refractivity contribution >= 4 is 37.5 Å². The van der Waals surface area contributed by atoms with E-state index in [-0.39, 0.29) is 23.1 Å². The maximum Gasteiger partial charge on any atom is 0.228 e. The van der Waals surface area contributed by atoms with Gasteiger partial charge in [-0.15, -0.1) is 0 Å². The Balaban J connectivity index is 2.39. The third-order valence-electron chi connectivity index (χ3n) is 2.83. The largest absolute Gasteiger partial charge is 0.308 e.